The number of halogens is 1. The van der Waals surface area contributed by atoms with Crippen LogP contribution in [0, 0.1) is 0 Å². The molecule has 1 aromatic heterocycles. The van der Waals surface area contributed by atoms with Crippen LogP contribution >= 0.6 is 11.6 Å². The third kappa shape index (κ3) is 4.50. The van der Waals surface area contributed by atoms with E-state index in [1.807, 2.05) is 36.7 Å². The van der Waals surface area contributed by atoms with Gasteiger partial charge in [0.2, 0.25) is 11.8 Å². The molecule has 2 aromatic rings. The molecule has 0 bridgehead atoms. The van der Waals surface area contributed by atoms with Crippen molar-refractivity contribution in [1.82, 2.24) is 24.9 Å². The Kier molecular flexibility index (Phi) is 6.36. The summed E-state index contributed by atoms with van der Waals surface area (Å²) in [5, 5.41) is 8.00. The van der Waals surface area contributed by atoms with Gasteiger partial charge in [0.1, 0.15) is 12.1 Å². The Balaban J connectivity index is 1.37. The van der Waals surface area contributed by atoms with Crippen molar-refractivity contribution in [2.75, 3.05) is 26.2 Å². The Morgan fingerprint density at radius 3 is 2.90 bits per heavy atom. The minimum Gasteiger partial charge on any atom is -0.342 e. The predicted molar refractivity (Wildman–Crippen MR) is 114 cm³/mol. The summed E-state index contributed by atoms with van der Waals surface area (Å²) in [6.45, 7) is 3.09. The van der Waals surface area contributed by atoms with Crippen LogP contribution in [0.25, 0.3) is 5.69 Å². The number of nitrogens with zero attached hydrogens (tertiary/aromatic N) is 4. The molecule has 3 N–H and O–H groups in total. The number of piperazine rings is 2. The van der Waals surface area contributed by atoms with Crippen molar-refractivity contribution in [3.8, 4) is 5.69 Å². The van der Waals surface area contributed by atoms with E-state index in [1.165, 1.54) is 0 Å². The molecule has 2 atom stereocenters. The van der Waals surface area contributed by atoms with E-state index in [0.29, 0.717) is 37.6 Å². The Morgan fingerprint density at radius 1 is 1.23 bits per heavy atom. The molecule has 4 rings (SSSR count). The summed E-state index contributed by atoms with van der Waals surface area (Å²) in [5.74, 6) is -0.0308. The standard InChI is InChI=1S/C21H27ClN6O2/c22-16-4-3-5-17(10-16)28-13-15(11-24-28)12-26-8-9-27-19(14-26)20(29)25-18(21(27)30)6-1-2-7-23/h3-5,10-11,13,18-19H,1-2,6-9,12,14,23H2,(H,25,29)/t18-,19+/m0/s1. The van der Waals surface area contributed by atoms with Gasteiger partial charge in [0.15, 0.2) is 0 Å². The molecule has 1 aromatic carbocycles. The summed E-state index contributed by atoms with van der Waals surface area (Å²) in [7, 11) is 0. The van der Waals surface area contributed by atoms with Gasteiger partial charge in [-0.2, -0.15) is 5.10 Å². The molecular weight excluding hydrogens is 404 g/mol. The van der Waals surface area contributed by atoms with Crippen LogP contribution in [0.4, 0.5) is 0 Å². The lowest BCUT2D eigenvalue weighted by molar-refractivity contribution is -0.153. The molecule has 2 amide bonds. The van der Waals surface area contributed by atoms with Crippen molar-refractivity contribution in [1.29, 1.82) is 0 Å². The molecule has 2 aliphatic heterocycles. The van der Waals surface area contributed by atoms with E-state index in [2.05, 4.69) is 15.3 Å². The molecule has 2 saturated heterocycles. The van der Waals surface area contributed by atoms with E-state index < -0.39 is 12.1 Å². The van der Waals surface area contributed by atoms with Crippen LogP contribution in [-0.4, -0.2) is 69.7 Å². The van der Waals surface area contributed by atoms with Crippen molar-refractivity contribution >= 4 is 23.4 Å². The zero-order valence-electron chi connectivity index (χ0n) is 16.8. The minimum atomic E-state index is -0.431. The summed E-state index contributed by atoms with van der Waals surface area (Å²) < 4.78 is 1.79. The molecule has 2 fully saturated rings. The van der Waals surface area contributed by atoms with Crippen LogP contribution in [0.3, 0.4) is 0 Å². The Morgan fingerprint density at radius 2 is 2.10 bits per heavy atom. The molecule has 0 unspecified atom stereocenters. The van der Waals surface area contributed by atoms with E-state index in [1.54, 1.807) is 9.58 Å². The predicted octanol–water partition coefficient (Wildman–Crippen LogP) is 1.17. The summed E-state index contributed by atoms with van der Waals surface area (Å²) in [4.78, 5) is 29.4. The number of fused-ring (bicyclic) bond motifs is 1. The number of rotatable bonds is 7. The maximum atomic E-state index is 12.8. The summed E-state index contributed by atoms with van der Waals surface area (Å²) in [5.41, 5.74) is 7.48. The maximum Gasteiger partial charge on any atom is 0.245 e. The van der Waals surface area contributed by atoms with Gasteiger partial charge < -0.3 is 16.0 Å². The van der Waals surface area contributed by atoms with Crippen LogP contribution in [0.15, 0.2) is 36.7 Å². The summed E-state index contributed by atoms with van der Waals surface area (Å²) in [6, 6.07) is 6.68. The molecule has 8 nitrogen and oxygen atoms in total. The number of carbonyl (C=O) groups excluding carboxylic acids is 2. The van der Waals surface area contributed by atoms with Crippen LogP contribution in [0.1, 0.15) is 24.8 Å². The first-order chi connectivity index (χ1) is 14.5. The lowest BCUT2D eigenvalue weighted by Gasteiger charge is -2.45. The number of hydrogen-bond donors (Lipinski definition) is 2. The van der Waals surface area contributed by atoms with Crippen molar-refractivity contribution in [3.63, 3.8) is 0 Å². The highest BCUT2D eigenvalue weighted by Crippen LogP contribution is 2.21. The van der Waals surface area contributed by atoms with Gasteiger partial charge in [-0.15, -0.1) is 0 Å². The van der Waals surface area contributed by atoms with Crippen molar-refractivity contribution in [3.05, 3.63) is 47.2 Å². The second-order valence-corrected chi connectivity index (χ2v) is 8.34. The Labute approximate surface area is 180 Å². The lowest BCUT2D eigenvalue weighted by Crippen LogP contribution is -2.69. The normalized spacial score (nSPS) is 22.1. The fraction of sp³-hybridized carbons (Fsp3) is 0.476. The smallest absolute Gasteiger partial charge is 0.245 e. The second kappa shape index (κ2) is 9.16. The van der Waals surface area contributed by atoms with Crippen LogP contribution < -0.4 is 11.1 Å². The minimum absolute atomic E-state index is 0.0325. The van der Waals surface area contributed by atoms with Gasteiger partial charge in [-0.05, 0) is 44.0 Å². The Bertz CT molecular complexity index is 916. The summed E-state index contributed by atoms with van der Waals surface area (Å²) >= 11 is 6.07. The van der Waals surface area contributed by atoms with E-state index in [9.17, 15) is 9.59 Å². The van der Waals surface area contributed by atoms with Crippen molar-refractivity contribution in [2.45, 2.75) is 37.9 Å². The average molecular weight is 431 g/mol. The van der Waals surface area contributed by atoms with E-state index in [0.717, 1.165) is 30.6 Å². The zero-order valence-corrected chi connectivity index (χ0v) is 17.6. The highest BCUT2D eigenvalue weighted by Gasteiger charge is 2.42. The first kappa shape index (κ1) is 20.8. The molecule has 160 valence electrons. The highest BCUT2D eigenvalue weighted by atomic mass is 35.5. The monoisotopic (exact) mass is 430 g/mol. The highest BCUT2D eigenvalue weighted by molar-refractivity contribution is 6.30. The van der Waals surface area contributed by atoms with Gasteiger partial charge in [-0.1, -0.05) is 17.7 Å². The summed E-state index contributed by atoms with van der Waals surface area (Å²) in [6.07, 6.45) is 6.15. The van der Waals surface area contributed by atoms with E-state index in [-0.39, 0.29) is 11.8 Å². The van der Waals surface area contributed by atoms with Crippen molar-refractivity contribution < 1.29 is 9.59 Å². The van der Waals surface area contributed by atoms with Gasteiger partial charge in [-0.25, -0.2) is 4.68 Å². The molecule has 0 spiro atoms. The topological polar surface area (TPSA) is 96.5 Å². The molecule has 0 radical (unpaired) electrons. The fourth-order valence-electron chi connectivity index (χ4n) is 4.15. The number of benzene rings is 1. The first-order valence-corrected chi connectivity index (χ1v) is 10.8. The molecule has 2 aliphatic rings. The zero-order chi connectivity index (χ0) is 21.1. The average Bonchev–Trinajstić information content (AvgIpc) is 3.20. The Hall–Kier alpha value is -2.42. The van der Waals surface area contributed by atoms with Crippen LogP contribution in [-0.2, 0) is 16.1 Å². The van der Waals surface area contributed by atoms with Gasteiger partial charge in [0.25, 0.3) is 0 Å². The fourth-order valence-corrected chi connectivity index (χ4v) is 4.33. The van der Waals surface area contributed by atoms with Gasteiger partial charge in [0, 0.05) is 43.0 Å². The van der Waals surface area contributed by atoms with Gasteiger partial charge in [0.05, 0.1) is 11.9 Å². The molecular formula is C21H27ClN6O2. The number of unbranched alkanes of at least 4 members (excludes halogenated alkanes) is 1. The van der Waals surface area contributed by atoms with Gasteiger partial charge >= 0.3 is 0 Å². The van der Waals surface area contributed by atoms with Crippen LogP contribution in [0.2, 0.25) is 5.02 Å². The van der Waals surface area contributed by atoms with Crippen molar-refractivity contribution in [2.24, 2.45) is 5.73 Å². The lowest BCUT2D eigenvalue weighted by atomic mass is 10.00. The first-order valence-electron chi connectivity index (χ1n) is 10.4. The maximum absolute atomic E-state index is 12.8. The largest absolute Gasteiger partial charge is 0.342 e. The number of nitrogens with two attached hydrogens (primary N) is 1. The quantitative estimate of drug-likeness (QED) is 0.643. The number of carbonyl (C=O) groups is 2. The third-order valence-corrected chi connectivity index (χ3v) is 5.96. The molecule has 0 saturated carbocycles. The molecule has 3 heterocycles. The van der Waals surface area contributed by atoms with Crippen LogP contribution in [0.5, 0.6) is 0 Å². The number of amides is 2. The molecule has 0 aliphatic carbocycles. The third-order valence-electron chi connectivity index (χ3n) is 5.73. The molecule has 30 heavy (non-hydrogen) atoms. The van der Waals surface area contributed by atoms with E-state index >= 15 is 0 Å². The molecule has 9 heteroatoms. The van der Waals surface area contributed by atoms with Gasteiger partial charge in [-0.3, -0.25) is 14.5 Å². The number of nitrogens with one attached hydrogen (secondary N) is 1. The SMILES string of the molecule is NCCCC[C@@H]1NC(=O)[C@H]2CN(Cc3cnn(-c4cccc(Cl)c4)c3)CCN2C1=O. The van der Waals surface area contributed by atoms with E-state index in [4.69, 9.17) is 17.3 Å². The second-order valence-electron chi connectivity index (χ2n) is 7.90. The number of aromatic nitrogens is 2. The number of hydrogen-bond acceptors (Lipinski definition) is 5.